The fraction of sp³-hybridized carbons (Fsp3) is 0.235. The average molecular weight is 286 g/mol. The van der Waals surface area contributed by atoms with Crippen LogP contribution in [0.2, 0.25) is 0 Å². The molecule has 0 fully saturated rings. The van der Waals surface area contributed by atoms with Crippen LogP contribution in [0.4, 0.5) is 0 Å². The van der Waals surface area contributed by atoms with Crippen LogP contribution in [0.5, 0.6) is 11.5 Å². The summed E-state index contributed by atoms with van der Waals surface area (Å²) in [4.78, 5) is 10.6. The van der Waals surface area contributed by atoms with E-state index < -0.39 is 0 Å². The molecule has 2 aromatic carbocycles. The first-order valence-corrected chi connectivity index (χ1v) is 6.70. The van der Waals surface area contributed by atoms with Gasteiger partial charge in [0.2, 0.25) is 0 Å². The molecule has 110 valence electrons. The van der Waals surface area contributed by atoms with E-state index in [1.807, 2.05) is 30.3 Å². The molecular weight excluding hydrogens is 268 g/mol. The predicted molar refractivity (Wildman–Crippen MR) is 79.8 cm³/mol. The van der Waals surface area contributed by atoms with Gasteiger partial charge in [-0.25, -0.2) is 0 Å². The minimum absolute atomic E-state index is 0.0332. The highest BCUT2D eigenvalue weighted by atomic mass is 16.7. The summed E-state index contributed by atoms with van der Waals surface area (Å²) in [5.41, 5.74) is 2.50. The third-order valence-corrected chi connectivity index (χ3v) is 3.19. The molecule has 0 saturated heterocycles. The molecule has 0 aromatic heterocycles. The highest BCUT2D eigenvalue weighted by Crippen LogP contribution is 2.19. The Labute approximate surface area is 123 Å². The van der Waals surface area contributed by atoms with Gasteiger partial charge in [-0.15, -0.1) is 0 Å². The summed E-state index contributed by atoms with van der Waals surface area (Å²) >= 11 is 0. The van der Waals surface area contributed by atoms with E-state index in [-0.39, 0.29) is 12.5 Å². The van der Waals surface area contributed by atoms with Crippen molar-refractivity contribution in [1.82, 2.24) is 0 Å². The Kier molecular flexibility index (Phi) is 5.35. The predicted octanol–water partition coefficient (Wildman–Crippen LogP) is 2.97. The number of ether oxygens (including phenoxy) is 2. The molecule has 0 atom stereocenters. The number of carbonyl (C=O) groups is 1. The van der Waals surface area contributed by atoms with E-state index in [2.05, 4.69) is 0 Å². The summed E-state index contributed by atoms with van der Waals surface area (Å²) in [6.45, 7) is 0.238. The fourth-order valence-corrected chi connectivity index (χ4v) is 2.01. The van der Waals surface area contributed by atoms with Crippen molar-refractivity contribution in [3.05, 3.63) is 59.2 Å². The van der Waals surface area contributed by atoms with Crippen LogP contribution in [0.25, 0.3) is 0 Å². The molecule has 0 spiro atoms. The Morgan fingerprint density at radius 2 is 1.71 bits per heavy atom. The number of aryl methyl sites for hydroxylation is 2. The first-order chi connectivity index (χ1) is 10.2. The molecule has 0 aliphatic rings. The number of rotatable bonds is 7. The van der Waals surface area contributed by atoms with Gasteiger partial charge in [0.25, 0.3) is 0 Å². The third kappa shape index (κ3) is 4.33. The minimum atomic E-state index is 0.0332. The SMILES string of the molecule is COCOc1ccc(CCc2ccc(C=O)c(O)c2)cc1. The Morgan fingerprint density at radius 3 is 2.33 bits per heavy atom. The maximum atomic E-state index is 10.6. The van der Waals surface area contributed by atoms with E-state index in [4.69, 9.17) is 9.47 Å². The number of phenols is 1. The zero-order valence-corrected chi connectivity index (χ0v) is 11.9. The van der Waals surface area contributed by atoms with Crippen molar-refractivity contribution < 1.29 is 19.4 Å². The molecule has 2 rings (SSSR count). The molecule has 0 amide bonds. The number of hydrogen-bond donors (Lipinski definition) is 1. The van der Waals surface area contributed by atoms with Crippen molar-refractivity contribution in [2.45, 2.75) is 12.8 Å². The number of methoxy groups -OCH3 is 1. The lowest BCUT2D eigenvalue weighted by Crippen LogP contribution is -1.99. The molecule has 0 aliphatic carbocycles. The van der Waals surface area contributed by atoms with Gasteiger partial charge in [0.15, 0.2) is 13.1 Å². The number of aldehydes is 1. The molecule has 4 nitrogen and oxygen atoms in total. The van der Waals surface area contributed by atoms with Gasteiger partial charge < -0.3 is 14.6 Å². The Bertz CT molecular complexity index is 590. The van der Waals surface area contributed by atoms with E-state index in [1.54, 1.807) is 19.2 Å². The summed E-state index contributed by atoms with van der Waals surface area (Å²) in [5.74, 6) is 0.805. The van der Waals surface area contributed by atoms with Crippen LogP contribution in [0, 0.1) is 0 Å². The molecule has 4 heteroatoms. The first kappa shape index (κ1) is 15.1. The Morgan fingerprint density at radius 1 is 1.05 bits per heavy atom. The number of benzene rings is 2. The lowest BCUT2D eigenvalue weighted by molar-refractivity contribution is 0.0511. The maximum Gasteiger partial charge on any atom is 0.188 e. The zero-order valence-electron chi connectivity index (χ0n) is 11.9. The second-order valence-electron chi connectivity index (χ2n) is 4.71. The normalized spacial score (nSPS) is 10.3. The summed E-state index contributed by atoms with van der Waals surface area (Å²) in [5, 5.41) is 9.65. The van der Waals surface area contributed by atoms with Crippen molar-refractivity contribution in [3.8, 4) is 11.5 Å². The molecule has 0 bridgehead atoms. The highest BCUT2D eigenvalue weighted by Gasteiger charge is 2.02. The lowest BCUT2D eigenvalue weighted by Gasteiger charge is -2.07. The van der Waals surface area contributed by atoms with Gasteiger partial charge in [-0.2, -0.15) is 0 Å². The van der Waals surface area contributed by atoms with Crippen LogP contribution in [-0.2, 0) is 17.6 Å². The standard InChI is InChI=1S/C17H18O4/c1-20-12-21-16-8-5-13(6-9-16)2-3-14-4-7-15(11-18)17(19)10-14/h4-11,19H,2-3,12H2,1H3. The van der Waals surface area contributed by atoms with Crippen LogP contribution in [0.1, 0.15) is 21.5 Å². The molecule has 21 heavy (non-hydrogen) atoms. The van der Waals surface area contributed by atoms with Gasteiger partial charge in [-0.1, -0.05) is 18.2 Å². The van der Waals surface area contributed by atoms with Crippen LogP contribution in [-0.4, -0.2) is 25.3 Å². The summed E-state index contributed by atoms with van der Waals surface area (Å²) < 4.78 is 10.2. The van der Waals surface area contributed by atoms with Gasteiger partial charge in [0.05, 0.1) is 5.56 Å². The smallest absolute Gasteiger partial charge is 0.188 e. The molecule has 0 unspecified atom stereocenters. The van der Waals surface area contributed by atoms with E-state index in [0.717, 1.165) is 24.2 Å². The average Bonchev–Trinajstić information content (AvgIpc) is 2.52. The molecule has 0 heterocycles. The second-order valence-corrected chi connectivity index (χ2v) is 4.71. The molecule has 0 radical (unpaired) electrons. The van der Waals surface area contributed by atoms with Gasteiger partial charge in [0.1, 0.15) is 11.5 Å². The van der Waals surface area contributed by atoms with Crippen molar-refractivity contribution in [2.75, 3.05) is 13.9 Å². The van der Waals surface area contributed by atoms with E-state index in [9.17, 15) is 9.90 Å². The van der Waals surface area contributed by atoms with Gasteiger partial charge >= 0.3 is 0 Å². The van der Waals surface area contributed by atoms with Gasteiger partial charge in [-0.3, -0.25) is 4.79 Å². The highest BCUT2D eigenvalue weighted by molar-refractivity contribution is 5.79. The van der Waals surface area contributed by atoms with E-state index >= 15 is 0 Å². The third-order valence-electron chi connectivity index (χ3n) is 3.19. The van der Waals surface area contributed by atoms with Crippen molar-refractivity contribution in [2.24, 2.45) is 0 Å². The number of carbonyl (C=O) groups excluding carboxylic acids is 1. The summed E-state index contributed by atoms with van der Waals surface area (Å²) in [6.07, 6.45) is 2.30. The van der Waals surface area contributed by atoms with E-state index in [0.29, 0.717) is 11.8 Å². The molecule has 0 saturated carbocycles. The molecule has 0 aliphatic heterocycles. The number of phenolic OH excluding ortho intramolecular Hbond substituents is 1. The largest absolute Gasteiger partial charge is 0.507 e. The zero-order chi connectivity index (χ0) is 15.1. The van der Waals surface area contributed by atoms with E-state index in [1.165, 1.54) is 5.56 Å². The fourth-order valence-electron chi connectivity index (χ4n) is 2.01. The van der Waals surface area contributed by atoms with Crippen molar-refractivity contribution in [3.63, 3.8) is 0 Å². The van der Waals surface area contributed by atoms with Crippen LogP contribution in [0.15, 0.2) is 42.5 Å². The summed E-state index contributed by atoms with van der Waals surface area (Å²) in [6, 6.07) is 13.0. The summed E-state index contributed by atoms with van der Waals surface area (Å²) in [7, 11) is 1.58. The van der Waals surface area contributed by atoms with Crippen LogP contribution < -0.4 is 4.74 Å². The second kappa shape index (κ2) is 7.45. The van der Waals surface area contributed by atoms with Crippen molar-refractivity contribution >= 4 is 6.29 Å². The first-order valence-electron chi connectivity index (χ1n) is 6.70. The monoisotopic (exact) mass is 286 g/mol. The maximum absolute atomic E-state index is 10.6. The quantitative estimate of drug-likeness (QED) is 0.628. The van der Waals surface area contributed by atoms with Gasteiger partial charge in [-0.05, 0) is 48.2 Å². The topological polar surface area (TPSA) is 55.8 Å². The molecule has 1 N–H and O–H groups in total. The van der Waals surface area contributed by atoms with Gasteiger partial charge in [0, 0.05) is 7.11 Å². The Balaban J connectivity index is 1.93. The van der Waals surface area contributed by atoms with Crippen LogP contribution in [0.3, 0.4) is 0 Å². The lowest BCUT2D eigenvalue weighted by atomic mass is 10.0. The number of aromatic hydroxyl groups is 1. The van der Waals surface area contributed by atoms with Crippen LogP contribution >= 0.6 is 0 Å². The van der Waals surface area contributed by atoms with Crippen molar-refractivity contribution in [1.29, 1.82) is 0 Å². The Hall–Kier alpha value is -2.33. The number of hydrogen-bond acceptors (Lipinski definition) is 4. The molecule has 2 aromatic rings. The minimum Gasteiger partial charge on any atom is -0.507 e. The molecular formula is C17H18O4.